The number of ketones is 1. The molecule has 1 atom stereocenters. The highest BCUT2D eigenvalue weighted by Crippen LogP contribution is 2.30. The molecule has 0 spiro atoms. The lowest BCUT2D eigenvalue weighted by Gasteiger charge is -2.14. The molecule has 26 heavy (non-hydrogen) atoms. The topological polar surface area (TPSA) is 162 Å². The highest BCUT2D eigenvalue weighted by Gasteiger charge is 2.30. The first-order valence-corrected chi connectivity index (χ1v) is 10.2. The smallest absolute Gasteiger partial charge is 0.296 e. The van der Waals surface area contributed by atoms with Gasteiger partial charge >= 0.3 is 0 Å². The molecule has 1 fully saturated rings. The molecule has 3 N–H and O–H groups in total. The zero-order valence-corrected chi connectivity index (χ0v) is 15.3. The van der Waals surface area contributed by atoms with Crippen LogP contribution in [0.3, 0.4) is 0 Å². The van der Waals surface area contributed by atoms with Crippen LogP contribution in [0.2, 0.25) is 0 Å². The molecule has 0 aliphatic heterocycles. The molecule has 144 valence electrons. The summed E-state index contributed by atoms with van der Waals surface area (Å²) in [5, 5.41) is 5.92. The van der Waals surface area contributed by atoms with Crippen molar-refractivity contribution in [1.29, 1.82) is 0 Å². The number of hydrogen-bond acceptors (Lipinski definition) is 8. The average Bonchev–Trinajstić information content (AvgIpc) is 3.23. The number of amides is 2. The molecule has 1 unspecified atom stereocenters. The van der Waals surface area contributed by atoms with Gasteiger partial charge in [-0.3, -0.25) is 14.4 Å². The van der Waals surface area contributed by atoms with Crippen molar-refractivity contribution >= 4 is 27.4 Å². The van der Waals surface area contributed by atoms with Crippen molar-refractivity contribution in [1.82, 2.24) is 15.5 Å². The molecule has 1 aromatic rings. The van der Waals surface area contributed by atoms with E-state index in [1.165, 1.54) is 0 Å². The Kier molecular flexibility index (Phi) is 6.46. The Morgan fingerprint density at radius 1 is 1.35 bits per heavy atom. The van der Waals surface area contributed by atoms with Gasteiger partial charge < -0.3 is 15.6 Å². The maximum absolute atomic E-state index is 12.4. The zero-order valence-electron chi connectivity index (χ0n) is 14.4. The van der Waals surface area contributed by atoms with Gasteiger partial charge in [-0.05, 0) is 18.8 Å². The molecular formula is C15H22N4O6S. The maximum Gasteiger partial charge on any atom is 0.296 e. The molecule has 10 nitrogen and oxygen atoms in total. The Labute approximate surface area is 150 Å². The molecule has 1 heterocycles. The minimum Gasteiger partial charge on any atom is -0.370 e. The number of aryl methyl sites for hydroxylation is 1. The third-order valence-corrected chi connectivity index (χ3v) is 5.68. The van der Waals surface area contributed by atoms with Crippen LogP contribution in [0.5, 0.6) is 0 Å². The van der Waals surface area contributed by atoms with Crippen LogP contribution in [0, 0.1) is 5.92 Å². The summed E-state index contributed by atoms with van der Waals surface area (Å²) in [6, 6.07) is -1.28. The number of primary amides is 1. The first-order valence-electron chi connectivity index (χ1n) is 8.35. The third kappa shape index (κ3) is 6.21. The van der Waals surface area contributed by atoms with Crippen molar-refractivity contribution in [2.45, 2.75) is 45.1 Å². The molecule has 1 aliphatic rings. The largest absolute Gasteiger partial charge is 0.370 e. The van der Waals surface area contributed by atoms with Crippen LogP contribution >= 0.6 is 0 Å². The predicted octanol–water partition coefficient (Wildman–Crippen LogP) is -0.610. The summed E-state index contributed by atoms with van der Waals surface area (Å²) in [7, 11) is -3.32. The second-order valence-electron chi connectivity index (χ2n) is 6.33. The summed E-state index contributed by atoms with van der Waals surface area (Å²) in [6.45, 7) is 1.77. The SMILES string of the molecule is CCc1noc(C(=O)C(CC(N)=O)NC(=O)CCS(=O)(=O)CC2CC2)n1. The molecule has 1 aromatic heterocycles. The Balaban J connectivity index is 1.96. The van der Waals surface area contributed by atoms with E-state index in [9.17, 15) is 22.8 Å². The highest BCUT2D eigenvalue weighted by molar-refractivity contribution is 7.91. The van der Waals surface area contributed by atoms with E-state index in [1.54, 1.807) is 6.92 Å². The van der Waals surface area contributed by atoms with Crippen molar-refractivity contribution in [3.63, 3.8) is 0 Å². The van der Waals surface area contributed by atoms with Crippen molar-refractivity contribution in [2.24, 2.45) is 11.7 Å². The Bertz CT molecular complexity index is 784. The minimum atomic E-state index is -3.32. The first-order chi connectivity index (χ1) is 12.2. The van der Waals surface area contributed by atoms with Gasteiger partial charge in [0, 0.05) is 12.8 Å². The van der Waals surface area contributed by atoms with Crippen LogP contribution in [-0.2, 0) is 25.8 Å². The number of carbonyl (C=O) groups excluding carboxylic acids is 3. The second kappa shape index (κ2) is 8.39. The van der Waals surface area contributed by atoms with E-state index < -0.39 is 39.9 Å². The summed E-state index contributed by atoms with van der Waals surface area (Å²) in [6.07, 6.45) is 1.47. The summed E-state index contributed by atoms with van der Waals surface area (Å²) < 4.78 is 28.6. The highest BCUT2D eigenvalue weighted by atomic mass is 32.2. The van der Waals surface area contributed by atoms with Crippen LogP contribution in [0.15, 0.2) is 4.52 Å². The van der Waals surface area contributed by atoms with Crippen LogP contribution in [-0.4, -0.2) is 53.7 Å². The van der Waals surface area contributed by atoms with E-state index in [0.717, 1.165) is 12.8 Å². The van der Waals surface area contributed by atoms with Gasteiger partial charge in [0.05, 0.1) is 17.9 Å². The van der Waals surface area contributed by atoms with Crippen molar-refractivity contribution < 1.29 is 27.3 Å². The molecule has 0 saturated heterocycles. The van der Waals surface area contributed by atoms with E-state index in [0.29, 0.717) is 12.2 Å². The lowest BCUT2D eigenvalue weighted by molar-refractivity contribution is -0.122. The van der Waals surface area contributed by atoms with E-state index in [-0.39, 0.29) is 29.7 Å². The molecule has 1 saturated carbocycles. The third-order valence-electron chi connectivity index (χ3n) is 3.88. The van der Waals surface area contributed by atoms with Gasteiger partial charge in [-0.2, -0.15) is 4.98 Å². The van der Waals surface area contributed by atoms with E-state index in [4.69, 9.17) is 10.3 Å². The van der Waals surface area contributed by atoms with Gasteiger partial charge in [-0.15, -0.1) is 0 Å². The monoisotopic (exact) mass is 386 g/mol. The van der Waals surface area contributed by atoms with Crippen LogP contribution in [0.1, 0.15) is 49.1 Å². The number of nitrogens with zero attached hydrogens (tertiary/aromatic N) is 2. The number of carbonyl (C=O) groups is 3. The molecule has 11 heteroatoms. The molecular weight excluding hydrogens is 364 g/mol. The normalized spacial score (nSPS) is 15.4. The van der Waals surface area contributed by atoms with E-state index in [2.05, 4.69) is 15.5 Å². The van der Waals surface area contributed by atoms with Gasteiger partial charge in [0.1, 0.15) is 6.04 Å². The average molecular weight is 386 g/mol. The van der Waals surface area contributed by atoms with Gasteiger partial charge in [-0.25, -0.2) is 8.42 Å². The number of sulfone groups is 1. The van der Waals surface area contributed by atoms with Crippen LogP contribution in [0.4, 0.5) is 0 Å². The minimum absolute atomic E-state index is 0.0751. The number of nitrogens with one attached hydrogen (secondary N) is 1. The fraction of sp³-hybridized carbons (Fsp3) is 0.667. The maximum atomic E-state index is 12.4. The van der Waals surface area contributed by atoms with Crippen LogP contribution in [0.25, 0.3) is 0 Å². The predicted molar refractivity (Wildman–Crippen MR) is 89.7 cm³/mol. The molecule has 1 aliphatic carbocycles. The fourth-order valence-electron chi connectivity index (χ4n) is 2.30. The van der Waals surface area contributed by atoms with E-state index in [1.807, 2.05) is 0 Å². The Morgan fingerprint density at radius 2 is 2.04 bits per heavy atom. The summed E-state index contributed by atoms with van der Waals surface area (Å²) in [5.74, 6) is -2.29. The lowest BCUT2D eigenvalue weighted by atomic mass is 10.1. The number of rotatable bonds is 11. The number of Topliss-reactive ketones (excluding diaryl/α,β-unsaturated/α-hetero) is 1. The molecule has 2 rings (SSSR count). The Hall–Kier alpha value is -2.30. The molecule has 0 aromatic carbocycles. The first kappa shape index (κ1) is 20.0. The van der Waals surface area contributed by atoms with Gasteiger partial charge in [0.15, 0.2) is 15.7 Å². The summed E-state index contributed by atoms with van der Waals surface area (Å²) >= 11 is 0. The second-order valence-corrected chi connectivity index (χ2v) is 8.56. The lowest BCUT2D eigenvalue weighted by Crippen LogP contribution is -2.44. The Morgan fingerprint density at radius 3 is 2.58 bits per heavy atom. The fourth-order valence-corrected chi connectivity index (χ4v) is 4.01. The van der Waals surface area contributed by atoms with Crippen molar-refractivity contribution in [3.05, 3.63) is 11.7 Å². The van der Waals surface area contributed by atoms with Gasteiger partial charge in [0.2, 0.25) is 17.6 Å². The summed E-state index contributed by atoms with van der Waals surface area (Å²) in [4.78, 5) is 39.4. The van der Waals surface area contributed by atoms with Crippen molar-refractivity contribution in [3.8, 4) is 0 Å². The molecule has 0 radical (unpaired) electrons. The van der Waals surface area contributed by atoms with Gasteiger partial charge in [0.25, 0.3) is 5.89 Å². The quantitative estimate of drug-likeness (QED) is 0.476. The van der Waals surface area contributed by atoms with Gasteiger partial charge in [-0.1, -0.05) is 12.1 Å². The molecule has 0 bridgehead atoms. The van der Waals surface area contributed by atoms with E-state index >= 15 is 0 Å². The number of nitrogens with two attached hydrogens (primary N) is 1. The summed E-state index contributed by atoms with van der Waals surface area (Å²) in [5.41, 5.74) is 5.12. The molecule has 2 amide bonds. The standard InChI is InChI=1S/C15H22N4O6S/c1-2-12-18-15(25-19-12)14(22)10(7-11(16)20)17-13(21)5-6-26(23,24)8-9-3-4-9/h9-10H,2-8H2,1H3,(H2,16,20)(H,17,21). The van der Waals surface area contributed by atoms with Crippen LogP contribution < -0.4 is 11.1 Å². The number of hydrogen-bond donors (Lipinski definition) is 2. The number of aromatic nitrogens is 2. The van der Waals surface area contributed by atoms with Crippen molar-refractivity contribution in [2.75, 3.05) is 11.5 Å². The zero-order chi connectivity index (χ0) is 19.3.